The van der Waals surface area contributed by atoms with Gasteiger partial charge in [-0.15, -0.1) is 0 Å². The van der Waals surface area contributed by atoms with Gasteiger partial charge in [0, 0.05) is 43.2 Å². The van der Waals surface area contributed by atoms with Crippen molar-refractivity contribution in [2.75, 3.05) is 18.0 Å². The van der Waals surface area contributed by atoms with E-state index < -0.39 is 11.9 Å². The number of anilines is 1. The molecule has 2 aromatic carbocycles. The number of halogens is 1. The molecule has 1 aromatic heterocycles. The van der Waals surface area contributed by atoms with Gasteiger partial charge < -0.3 is 9.47 Å². The van der Waals surface area contributed by atoms with E-state index in [1.807, 2.05) is 0 Å². The molecule has 3 amide bonds. The highest BCUT2D eigenvalue weighted by molar-refractivity contribution is 6.27. The Hall–Kier alpha value is -4.05. The fourth-order valence-corrected chi connectivity index (χ4v) is 6.52. The fourth-order valence-electron chi connectivity index (χ4n) is 6.52. The first-order valence-corrected chi connectivity index (χ1v) is 13.9. The number of nitrogens with zero attached hydrogens (tertiary/aromatic N) is 3. The highest BCUT2D eigenvalue weighted by Gasteiger charge is 2.43. The molecule has 1 unspecified atom stereocenters. The van der Waals surface area contributed by atoms with E-state index in [2.05, 4.69) is 15.2 Å². The number of hydrogen-bond donors (Lipinski definition) is 1. The van der Waals surface area contributed by atoms with Crippen molar-refractivity contribution in [1.29, 1.82) is 0 Å². The molecule has 206 valence electrons. The Bertz CT molecular complexity index is 1520. The third-order valence-corrected chi connectivity index (χ3v) is 8.45. The number of nitrogens with one attached hydrogen (secondary N) is 1. The van der Waals surface area contributed by atoms with Gasteiger partial charge in [0.25, 0.3) is 5.91 Å². The number of rotatable bonds is 6. The summed E-state index contributed by atoms with van der Waals surface area (Å²) < 4.78 is 26.1. The standard InChI is InChI=1S/C30H29FN4O5/c31-17-4-3-5-18(14-17)39-19-15-34(16-19)21-6-1-2-7-24(21)40-25-10-8-20-27-22(12-13-32-28(25)27)35(30(20)38)23-9-11-26(36)33-29(23)37/h3-5,8,10,12-14,19,21,23-24H,1-2,6-7,9,11,15-16H2,(H,33,36,37)/t21-,23?,24-/m0/s1. The van der Waals surface area contributed by atoms with Gasteiger partial charge in [-0.25, -0.2) is 4.39 Å². The maximum atomic E-state index is 13.5. The van der Waals surface area contributed by atoms with E-state index in [1.165, 1.54) is 17.0 Å². The molecule has 40 heavy (non-hydrogen) atoms. The highest BCUT2D eigenvalue weighted by Crippen LogP contribution is 2.43. The summed E-state index contributed by atoms with van der Waals surface area (Å²) in [6, 6.07) is 11.0. The van der Waals surface area contributed by atoms with Crippen molar-refractivity contribution < 1.29 is 28.2 Å². The van der Waals surface area contributed by atoms with Gasteiger partial charge in [-0.2, -0.15) is 0 Å². The van der Waals surface area contributed by atoms with E-state index in [9.17, 15) is 18.8 Å². The number of hydrogen-bond acceptors (Lipinski definition) is 7. The lowest BCUT2D eigenvalue weighted by molar-refractivity contribution is -0.134. The van der Waals surface area contributed by atoms with Crippen molar-refractivity contribution >= 4 is 34.3 Å². The molecule has 9 nitrogen and oxygen atoms in total. The van der Waals surface area contributed by atoms with Crippen molar-refractivity contribution in [2.45, 2.75) is 62.8 Å². The molecule has 1 saturated carbocycles. The molecule has 1 N–H and O–H groups in total. The smallest absolute Gasteiger partial charge is 0.259 e. The van der Waals surface area contributed by atoms with E-state index >= 15 is 0 Å². The Morgan fingerprint density at radius 2 is 1.82 bits per heavy atom. The van der Waals surface area contributed by atoms with Crippen LogP contribution in [0.1, 0.15) is 48.9 Å². The number of piperidine rings is 1. The van der Waals surface area contributed by atoms with Crippen LogP contribution in [0.2, 0.25) is 0 Å². The second-order valence-corrected chi connectivity index (χ2v) is 11.0. The third kappa shape index (κ3) is 4.27. The number of carbonyl (C=O) groups is 3. The second-order valence-electron chi connectivity index (χ2n) is 11.0. The first kappa shape index (κ1) is 25.0. The van der Waals surface area contributed by atoms with Crippen LogP contribution < -0.4 is 19.7 Å². The molecule has 0 radical (unpaired) electrons. The van der Waals surface area contributed by atoms with Gasteiger partial charge in [-0.3, -0.25) is 34.5 Å². The summed E-state index contributed by atoms with van der Waals surface area (Å²) in [5.41, 5.74) is 1.69. The maximum absolute atomic E-state index is 13.5. The molecule has 0 bridgehead atoms. The van der Waals surface area contributed by atoms with Gasteiger partial charge in [0.05, 0.1) is 11.3 Å². The molecule has 2 saturated heterocycles. The Morgan fingerprint density at radius 3 is 2.65 bits per heavy atom. The summed E-state index contributed by atoms with van der Waals surface area (Å²) in [7, 11) is 0. The van der Waals surface area contributed by atoms with Crippen molar-refractivity contribution in [3.63, 3.8) is 0 Å². The molecule has 3 fully saturated rings. The van der Waals surface area contributed by atoms with Crippen LogP contribution in [0, 0.1) is 5.82 Å². The summed E-state index contributed by atoms with van der Waals surface area (Å²) in [6.07, 6.45) is 6.15. The van der Waals surface area contributed by atoms with E-state index in [4.69, 9.17) is 9.47 Å². The van der Waals surface area contributed by atoms with Crippen LogP contribution in [0.4, 0.5) is 10.1 Å². The Balaban J connectivity index is 1.10. The number of imide groups is 1. The molecular formula is C30H29FN4O5. The Labute approximate surface area is 230 Å². The SMILES string of the molecule is O=C1CCC(N2C(=O)c3ccc(O[C@H]4CCCC[C@@H]4N4CC(Oc5cccc(F)c5)C4)c4nccc2c34)C(=O)N1. The molecule has 3 aromatic rings. The van der Waals surface area contributed by atoms with Crippen LogP contribution >= 0.6 is 0 Å². The number of ether oxygens (including phenoxy) is 2. The van der Waals surface area contributed by atoms with Crippen molar-refractivity contribution in [3.8, 4) is 11.5 Å². The molecule has 0 spiro atoms. The largest absolute Gasteiger partial charge is 0.488 e. The molecular weight excluding hydrogens is 515 g/mol. The van der Waals surface area contributed by atoms with Crippen molar-refractivity contribution in [2.24, 2.45) is 0 Å². The molecule has 7 rings (SSSR count). The zero-order valence-corrected chi connectivity index (χ0v) is 21.8. The van der Waals surface area contributed by atoms with Crippen LogP contribution in [-0.4, -0.2) is 65.0 Å². The van der Waals surface area contributed by atoms with Crippen molar-refractivity contribution in [3.05, 3.63) is 60.0 Å². The van der Waals surface area contributed by atoms with E-state index in [1.54, 1.807) is 36.5 Å². The Morgan fingerprint density at radius 1 is 0.975 bits per heavy atom. The number of carbonyl (C=O) groups excluding carboxylic acids is 3. The first-order chi connectivity index (χ1) is 19.5. The monoisotopic (exact) mass is 544 g/mol. The Kier molecular flexibility index (Phi) is 6.14. The number of aromatic nitrogens is 1. The summed E-state index contributed by atoms with van der Waals surface area (Å²) >= 11 is 0. The second kappa shape index (κ2) is 9.85. The quantitative estimate of drug-likeness (QED) is 0.474. The van der Waals surface area contributed by atoms with Gasteiger partial charge >= 0.3 is 0 Å². The highest BCUT2D eigenvalue weighted by atomic mass is 19.1. The van der Waals surface area contributed by atoms with Gasteiger partial charge in [-0.1, -0.05) is 12.5 Å². The average Bonchev–Trinajstić information content (AvgIpc) is 3.20. The van der Waals surface area contributed by atoms with E-state index in [0.29, 0.717) is 33.7 Å². The van der Waals surface area contributed by atoms with Gasteiger partial charge in [0.15, 0.2) is 0 Å². The van der Waals surface area contributed by atoms with Gasteiger partial charge in [0.1, 0.15) is 41.1 Å². The van der Waals surface area contributed by atoms with Crippen LogP contribution in [0.25, 0.3) is 10.9 Å². The van der Waals surface area contributed by atoms with Gasteiger partial charge in [-0.05, 0) is 56.0 Å². The normalized spacial score (nSPS) is 25.2. The fraction of sp³-hybridized carbons (Fsp3) is 0.400. The lowest BCUT2D eigenvalue weighted by Crippen LogP contribution is -2.62. The van der Waals surface area contributed by atoms with Crippen LogP contribution in [0.5, 0.6) is 11.5 Å². The minimum atomic E-state index is -0.746. The number of amides is 3. The predicted octanol–water partition coefficient (Wildman–Crippen LogP) is 3.59. The number of pyridine rings is 1. The molecule has 10 heteroatoms. The summed E-state index contributed by atoms with van der Waals surface area (Å²) in [6.45, 7) is 1.50. The lowest BCUT2D eigenvalue weighted by atomic mass is 9.89. The summed E-state index contributed by atoms with van der Waals surface area (Å²) in [4.78, 5) is 46.2. The maximum Gasteiger partial charge on any atom is 0.259 e. The van der Waals surface area contributed by atoms with E-state index in [-0.39, 0.29) is 48.7 Å². The van der Waals surface area contributed by atoms with Crippen LogP contribution in [0.15, 0.2) is 48.7 Å². The predicted molar refractivity (Wildman–Crippen MR) is 144 cm³/mol. The molecule has 3 aliphatic heterocycles. The van der Waals surface area contributed by atoms with Gasteiger partial charge in [0.2, 0.25) is 11.8 Å². The minimum absolute atomic E-state index is 0.00657. The topological polar surface area (TPSA) is 101 Å². The zero-order chi connectivity index (χ0) is 27.4. The van der Waals surface area contributed by atoms with Crippen molar-refractivity contribution in [1.82, 2.24) is 15.2 Å². The van der Waals surface area contributed by atoms with Crippen LogP contribution in [0.3, 0.4) is 0 Å². The minimum Gasteiger partial charge on any atom is -0.488 e. The van der Waals surface area contributed by atoms with Crippen LogP contribution in [-0.2, 0) is 9.59 Å². The first-order valence-electron chi connectivity index (χ1n) is 13.9. The number of benzene rings is 2. The molecule has 4 heterocycles. The zero-order valence-electron chi connectivity index (χ0n) is 21.8. The third-order valence-electron chi connectivity index (χ3n) is 8.45. The van der Waals surface area contributed by atoms with E-state index in [0.717, 1.165) is 38.8 Å². The molecule has 4 aliphatic rings. The summed E-state index contributed by atoms with van der Waals surface area (Å²) in [5.74, 6) is -0.204. The molecule has 1 aliphatic carbocycles. The average molecular weight is 545 g/mol. The molecule has 3 atom stereocenters. The summed E-state index contributed by atoms with van der Waals surface area (Å²) in [5, 5.41) is 3.03. The lowest BCUT2D eigenvalue weighted by Gasteiger charge is -2.47. The number of likely N-dealkylation sites (tertiary alicyclic amines) is 1.